The summed E-state index contributed by atoms with van der Waals surface area (Å²) in [6, 6.07) is 11.9. The first-order valence-electron chi connectivity index (χ1n) is 9.18. The molecule has 3 heteroatoms. The third-order valence-corrected chi connectivity index (χ3v) is 6.16. The number of aliphatic imine (C=N–C) groups is 1. The van der Waals surface area contributed by atoms with E-state index in [-0.39, 0.29) is 11.4 Å². The van der Waals surface area contributed by atoms with Crippen LogP contribution in [-0.2, 0) is 5.54 Å². The molecule has 25 heavy (non-hydrogen) atoms. The molecule has 0 saturated heterocycles. The quantitative estimate of drug-likeness (QED) is 0.691. The van der Waals surface area contributed by atoms with Gasteiger partial charge in [0.1, 0.15) is 5.82 Å². The molecule has 0 amide bonds. The molecule has 1 aliphatic heterocycles. The fraction of sp³-hybridized carbons (Fsp3) is 0.409. The molecular formula is C22H25FN2. The van der Waals surface area contributed by atoms with Gasteiger partial charge in [-0.3, -0.25) is 0 Å². The molecule has 2 aliphatic rings. The van der Waals surface area contributed by atoms with Crippen LogP contribution in [0, 0.1) is 12.7 Å². The van der Waals surface area contributed by atoms with Crippen LogP contribution in [0.2, 0.25) is 0 Å². The Balaban J connectivity index is 1.83. The molecule has 1 heterocycles. The summed E-state index contributed by atoms with van der Waals surface area (Å²) in [5, 5.41) is 0. The van der Waals surface area contributed by atoms with Crippen LogP contribution in [0.1, 0.15) is 60.8 Å². The molecule has 130 valence electrons. The highest BCUT2D eigenvalue weighted by Crippen LogP contribution is 2.45. The highest BCUT2D eigenvalue weighted by Gasteiger charge is 2.38. The Kier molecular flexibility index (Phi) is 3.90. The topological polar surface area (TPSA) is 15.6 Å². The highest BCUT2D eigenvalue weighted by molar-refractivity contribution is 5.72. The van der Waals surface area contributed by atoms with Crippen molar-refractivity contribution >= 4 is 12.0 Å². The second kappa shape index (κ2) is 5.98. The summed E-state index contributed by atoms with van der Waals surface area (Å²) in [6.45, 7) is 4.18. The van der Waals surface area contributed by atoms with Crippen LogP contribution < -0.4 is 0 Å². The monoisotopic (exact) mass is 336 g/mol. The third-order valence-electron chi connectivity index (χ3n) is 6.16. The molecule has 0 N–H and O–H groups in total. The van der Waals surface area contributed by atoms with Crippen LogP contribution in [0.5, 0.6) is 0 Å². The zero-order chi connectivity index (χ0) is 17.6. The first-order chi connectivity index (χ1) is 12.0. The smallest absolute Gasteiger partial charge is 0.123 e. The van der Waals surface area contributed by atoms with E-state index >= 15 is 0 Å². The van der Waals surface area contributed by atoms with Crippen LogP contribution in [0.15, 0.2) is 41.4 Å². The van der Waals surface area contributed by atoms with Crippen LogP contribution in [0.25, 0.3) is 0 Å². The van der Waals surface area contributed by atoms with Crippen LogP contribution in [0.3, 0.4) is 0 Å². The van der Waals surface area contributed by atoms with Gasteiger partial charge in [-0.05, 0) is 67.5 Å². The Bertz CT molecular complexity index is 836. The summed E-state index contributed by atoms with van der Waals surface area (Å²) in [6.07, 6.45) is 7.15. The highest BCUT2D eigenvalue weighted by atomic mass is 19.1. The van der Waals surface area contributed by atoms with Gasteiger partial charge in [-0.25, -0.2) is 9.38 Å². The molecule has 1 saturated carbocycles. The van der Waals surface area contributed by atoms with Crippen LogP contribution in [0.4, 0.5) is 10.1 Å². The Hall–Kier alpha value is -2.16. The second-order valence-electron chi connectivity index (χ2n) is 7.64. The summed E-state index contributed by atoms with van der Waals surface area (Å²) >= 11 is 0. The minimum atomic E-state index is -0.344. The molecule has 0 radical (unpaired) electrons. The van der Waals surface area contributed by atoms with Crippen LogP contribution >= 0.6 is 0 Å². The second-order valence-corrected chi connectivity index (χ2v) is 7.64. The average molecular weight is 336 g/mol. The minimum absolute atomic E-state index is 0.186. The van der Waals surface area contributed by atoms with Crippen molar-refractivity contribution in [2.75, 3.05) is 7.05 Å². The first-order valence-corrected chi connectivity index (χ1v) is 9.18. The van der Waals surface area contributed by atoms with Gasteiger partial charge < -0.3 is 4.90 Å². The lowest BCUT2D eigenvalue weighted by Gasteiger charge is -2.43. The molecule has 1 unspecified atom stereocenters. The number of aryl methyl sites for hydroxylation is 1. The van der Waals surface area contributed by atoms with E-state index in [0.717, 1.165) is 16.8 Å². The molecule has 1 atom stereocenters. The van der Waals surface area contributed by atoms with E-state index in [2.05, 4.69) is 30.0 Å². The van der Waals surface area contributed by atoms with E-state index in [1.165, 1.54) is 36.8 Å². The summed E-state index contributed by atoms with van der Waals surface area (Å²) in [4.78, 5) is 6.83. The molecule has 1 fully saturated rings. The third kappa shape index (κ3) is 2.57. The number of fused-ring (bicyclic) bond motifs is 1. The molecule has 0 bridgehead atoms. The summed E-state index contributed by atoms with van der Waals surface area (Å²) in [5.41, 5.74) is 5.40. The summed E-state index contributed by atoms with van der Waals surface area (Å²) in [5.74, 6) is 0.493. The number of benzene rings is 2. The Morgan fingerprint density at radius 3 is 2.52 bits per heavy atom. The van der Waals surface area contributed by atoms with Gasteiger partial charge in [-0.2, -0.15) is 0 Å². The van der Waals surface area contributed by atoms with Gasteiger partial charge in [-0.1, -0.05) is 31.0 Å². The fourth-order valence-electron chi connectivity index (χ4n) is 4.54. The van der Waals surface area contributed by atoms with Crippen molar-refractivity contribution in [3.05, 3.63) is 64.5 Å². The van der Waals surface area contributed by atoms with Crippen molar-refractivity contribution in [1.29, 1.82) is 0 Å². The number of halogens is 1. The predicted molar refractivity (Wildman–Crippen MR) is 101 cm³/mol. The van der Waals surface area contributed by atoms with E-state index in [0.29, 0.717) is 5.92 Å². The average Bonchev–Trinajstić information content (AvgIpc) is 3.12. The lowest BCUT2D eigenvalue weighted by atomic mass is 9.78. The molecule has 4 rings (SSSR count). The van der Waals surface area contributed by atoms with E-state index in [9.17, 15) is 4.39 Å². The normalized spacial score (nSPS) is 23.1. The molecule has 2 nitrogen and oxygen atoms in total. The van der Waals surface area contributed by atoms with Crippen molar-refractivity contribution in [2.45, 2.75) is 51.0 Å². The van der Waals surface area contributed by atoms with Crippen molar-refractivity contribution in [3.8, 4) is 0 Å². The van der Waals surface area contributed by atoms with Gasteiger partial charge >= 0.3 is 0 Å². The van der Waals surface area contributed by atoms with Crippen molar-refractivity contribution in [3.63, 3.8) is 0 Å². The van der Waals surface area contributed by atoms with E-state index in [1.807, 2.05) is 26.4 Å². The SMILES string of the molecule is Cc1cc(F)ccc1C1(C)c2ccc(C3CCCC3)cc2N=CN1C. The van der Waals surface area contributed by atoms with Crippen molar-refractivity contribution in [1.82, 2.24) is 4.90 Å². The summed E-state index contributed by atoms with van der Waals surface area (Å²) < 4.78 is 13.6. The van der Waals surface area contributed by atoms with E-state index < -0.39 is 0 Å². The van der Waals surface area contributed by atoms with Gasteiger partial charge in [0.2, 0.25) is 0 Å². The van der Waals surface area contributed by atoms with E-state index in [4.69, 9.17) is 4.99 Å². The number of nitrogens with zero attached hydrogens (tertiary/aromatic N) is 2. The Labute approximate surface area is 149 Å². The Morgan fingerprint density at radius 1 is 1.08 bits per heavy atom. The lowest BCUT2D eigenvalue weighted by molar-refractivity contribution is 0.290. The molecule has 2 aromatic carbocycles. The Morgan fingerprint density at radius 2 is 1.80 bits per heavy atom. The number of hydrogen-bond acceptors (Lipinski definition) is 2. The predicted octanol–water partition coefficient (Wildman–Crippen LogP) is 5.66. The molecular weight excluding hydrogens is 311 g/mol. The lowest BCUT2D eigenvalue weighted by Crippen LogP contribution is -2.43. The van der Waals surface area contributed by atoms with Gasteiger partial charge in [0.25, 0.3) is 0 Å². The van der Waals surface area contributed by atoms with Gasteiger partial charge in [0, 0.05) is 12.6 Å². The standard InChI is InChI=1S/C22H25FN2/c1-15-12-18(23)9-11-19(15)22(2)20-10-8-17(16-6-4-5-7-16)13-21(20)24-14-25(22)3/h8-14,16H,4-7H2,1-3H3. The minimum Gasteiger partial charge on any atom is -0.352 e. The number of rotatable bonds is 2. The van der Waals surface area contributed by atoms with Crippen molar-refractivity contribution in [2.24, 2.45) is 4.99 Å². The molecule has 0 aromatic heterocycles. The zero-order valence-electron chi connectivity index (χ0n) is 15.2. The zero-order valence-corrected chi connectivity index (χ0v) is 15.2. The molecule has 2 aromatic rings. The first kappa shape index (κ1) is 16.3. The largest absolute Gasteiger partial charge is 0.352 e. The van der Waals surface area contributed by atoms with Gasteiger partial charge in [-0.15, -0.1) is 0 Å². The molecule has 1 aliphatic carbocycles. The maximum Gasteiger partial charge on any atom is 0.123 e. The van der Waals surface area contributed by atoms with Crippen LogP contribution in [-0.4, -0.2) is 18.3 Å². The van der Waals surface area contributed by atoms with E-state index in [1.54, 1.807) is 12.1 Å². The summed E-state index contributed by atoms with van der Waals surface area (Å²) in [7, 11) is 2.04. The number of hydrogen-bond donors (Lipinski definition) is 0. The molecule has 0 spiro atoms. The van der Waals surface area contributed by atoms with Gasteiger partial charge in [0.05, 0.1) is 17.6 Å². The maximum absolute atomic E-state index is 13.6. The van der Waals surface area contributed by atoms with Gasteiger partial charge in [0.15, 0.2) is 0 Å². The maximum atomic E-state index is 13.6. The fourth-order valence-corrected chi connectivity index (χ4v) is 4.54. The van der Waals surface area contributed by atoms with Crippen molar-refractivity contribution < 1.29 is 4.39 Å².